The van der Waals surface area contributed by atoms with Crippen LogP contribution in [0.25, 0.3) is 0 Å². The summed E-state index contributed by atoms with van der Waals surface area (Å²) in [6, 6.07) is 7.66. The molecule has 0 fully saturated rings. The second-order valence-corrected chi connectivity index (χ2v) is 4.94. The van der Waals surface area contributed by atoms with Crippen molar-refractivity contribution in [3.05, 3.63) is 47.8 Å². The van der Waals surface area contributed by atoms with Gasteiger partial charge in [-0.05, 0) is 11.1 Å². The first-order valence-electron chi connectivity index (χ1n) is 5.55. The maximum atomic E-state index is 10.6. The average Bonchev–Trinajstić information content (AvgIpc) is 2.73. The zero-order valence-electron chi connectivity index (χ0n) is 10.0. The first-order chi connectivity index (χ1) is 8.65. The molecule has 0 aliphatic carbocycles. The van der Waals surface area contributed by atoms with Crippen molar-refractivity contribution < 1.29 is 9.90 Å². The summed E-state index contributed by atoms with van der Waals surface area (Å²) in [5, 5.41) is 9.66. The van der Waals surface area contributed by atoms with Gasteiger partial charge in [0, 0.05) is 25.2 Å². The van der Waals surface area contributed by atoms with Crippen LogP contribution in [-0.4, -0.2) is 20.6 Å². The molecule has 0 bridgehead atoms. The Kier molecular flexibility index (Phi) is 4.04. The molecule has 0 spiro atoms. The Morgan fingerprint density at radius 2 is 2.00 bits per heavy atom. The second kappa shape index (κ2) is 5.73. The smallest absolute Gasteiger partial charge is 0.307 e. The fourth-order valence-electron chi connectivity index (χ4n) is 1.57. The van der Waals surface area contributed by atoms with Crippen molar-refractivity contribution in [2.24, 2.45) is 7.05 Å². The van der Waals surface area contributed by atoms with Crippen molar-refractivity contribution in [1.29, 1.82) is 0 Å². The number of aromatic nitrogens is 2. The quantitative estimate of drug-likeness (QED) is 0.840. The number of nitrogens with zero attached hydrogens (tertiary/aromatic N) is 2. The van der Waals surface area contributed by atoms with Gasteiger partial charge in [0.1, 0.15) is 0 Å². The van der Waals surface area contributed by atoms with E-state index in [4.69, 9.17) is 5.11 Å². The Balaban J connectivity index is 1.94. The molecule has 1 N–H and O–H groups in total. The minimum absolute atomic E-state index is 0.0762. The lowest BCUT2D eigenvalue weighted by molar-refractivity contribution is -0.136. The van der Waals surface area contributed by atoms with Gasteiger partial charge in [-0.2, -0.15) is 0 Å². The van der Waals surface area contributed by atoms with Crippen LogP contribution in [0.3, 0.4) is 0 Å². The summed E-state index contributed by atoms with van der Waals surface area (Å²) < 4.78 is 1.98. The molecule has 1 aromatic carbocycles. The monoisotopic (exact) mass is 262 g/mol. The normalized spacial score (nSPS) is 10.5. The molecule has 1 heterocycles. The summed E-state index contributed by atoms with van der Waals surface area (Å²) >= 11 is 1.66. The highest BCUT2D eigenvalue weighted by molar-refractivity contribution is 7.98. The van der Waals surface area contributed by atoms with Crippen LogP contribution in [0.2, 0.25) is 0 Å². The zero-order chi connectivity index (χ0) is 13.0. The van der Waals surface area contributed by atoms with Crippen LogP contribution in [0.1, 0.15) is 11.1 Å². The van der Waals surface area contributed by atoms with Gasteiger partial charge in [-0.3, -0.25) is 4.79 Å². The molecule has 0 atom stereocenters. The summed E-state index contributed by atoms with van der Waals surface area (Å²) in [4.78, 5) is 14.8. The Labute approximate surface area is 110 Å². The van der Waals surface area contributed by atoms with Crippen molar-refractivity contribution in [1.82, 2.24) is 9.55 Å². The molecule has 94 valence electrons. The van der Waals surface area contributed by atoms with Gasteiger partial charge in [-0.25, -0.2) is 4.98 Å². The Bertz CT molecular complexity index is 534. The van der Waals surface area contributed by atoms with E-state index >= 15 is 0 Å². The number of aliphatic carboxylic acids is 1. The molecular weight excluding hydrogens is 248 g/mol. The Morgan fingerprint density at radius 1 is 1.33 bits per heavy atom. The molecule has 18 heavy (non-hydrogen) atoms. The van der Waals surface area contributed by atoms with Gasteiger partial charge in [0.2, 0.25) is 0 Å². The Hall–Kier alpha value is -1.75. The van der Waals surface area contributed by atoms with Gasteiger partial charge in [0.25, 0.3) is 0 Å². The van der Waals surface area contributed by atoms with Crippen molar-refractivity contribution >= 4 is 17.7 Å². The molecule has 2 rings (SSSR count). The number of carboxylic acids is 1. The minimum Gasteiger partial charge on any atom is -0.481 e. The molecule has 2 aromatic rings. The van der Waals surface area contributed by atoms with Crippen LogP contribution < -0.4 is 0 Å². The van der Waals surface area contributed by atoms with Crippen molar-refractivity contribution in [2.75, 3.05) is 0 Å². The van der Waals surface area contributed by atoms with Crippen LogP contribution in [0.5, 0.6) is 0 Å². The van der Waals surface area contributed by atoms with E-state index in [0.717, 1.165) is 22.0 Å². The fraction of sp³-hybridized carbons (Fsp3) is 0.231. The molecule has 0 aliphatic heterocycles. The molecule has 0 saturated carbocycles. The molecule has 0 unspecified atom stereocenters. The summed E-state index contributed by atoms with van der Waals surface area (Å²) in [7, 11) is 1.96. The topological polar surface area (TPSA) is 55.1 Å². The van der Waals surface area contributed by atoms with Crippen LogP contribution >= 0.6 is 11.8 Å². The number of aryl methyl sites for hydroxylation is 1. The molecule has 5 heteroatoms. The lowest BCUT2D eigenvalue weighted by Gasteiger charge is -2.03. The highest BCUT2D eigenvalue weighted by Gasteiger charge is 2.03. The van der Waals surface area contributed by atoms with Crippen molar-refractivity contribution in [3.8, 4) is 0 Å². The first kappa shape index (κ1) is 12.7. The Morgan fingerprint density at radius 3 is 2.56 bits per heavy atom. The van der Waals surface area contributed by atoms with E-state index in [-0.39, 0.29) is 6.42 Å². The van der Waals surface area contributed by atoms with Crippen LogP contribution in [0.4, 0.5) is 0 Å². The van der Waals surface area contributed by atoms with Crippen molar-refractivity contribution in [3.63, 3.8) is 0 Å². The van der Waals surface area contributed by atoms with Gasteiger partial charge in [-0.1, -0.05) is 36.0 Å². The number of hydrogen-bond acceptors (Lipinski definition) is 3. The molecule has 4 nitrogen and oxygen atoms in total. The predicted molar refractivity (Wildman–Crippen MR) is 70.6 cm³/mol. The number of benzene rings is 1. The molecular formula is C13H14N2O2S. The number of carboxylic acid groups (broad SMARTS) is 1. The van der Waals surface area contributed by atoms with Crippen LogP contribution in [-0.2, 0) is 24.0 Å². The average molecular weight is 262 g/mol. The van der Waals surface area contributed by atoms with Gasteiger partial charge in [0.05, 0.1) is 6.42 Å². The standard InChI is InChI=1S/C13H14N2O2S/c1-15-7-6-14-13(15)18-9-11-4-2-10(3-5-11)8-12(16)17/h2-7H,8-9H2,1H3,(H,16,17). The number of hydrogen-bond donors (Lipinski definition) is 1. The first-order valence-corrected chi connectivity index (χ1v) is 6.53. The van der Waals surface area contributed by atoms with E-state index < -0.39 is 5.97 Å². The lowest BCUT2D eigenvalue weighted by Crippen LogP contribution is -1.99. The number of rotatable bonds is 5. The van der Waals surface area contributed by atoms with E-state index in [0.29, 0.717) is 0 Å². The largest absolute Gasteiger partial charge is 0.481 e. The van der Waals surface area contributed by atoms with E-state index in [9.17, 15) is 4.79 Å². The van der Waals surface area contributed by atoms with Crippen LogP contribution in [0.15, 0.2) is 41.8 Å². The SMILES string of the molecule is Cn1ccnc1SCc1ccc(CC(=O)O)cc1. The van der Waals surface area contributed by atoms with Gasteiger partial charge in [0.15, 0.2) is 5.16 Å². The minimum atomic E-state index is -0.801. The summed E-state index contributed by atoms with van der Waals surface area (Å²) in [6.07, 6.45) is 3.77. The van der Waals surface area contributed by atoms with E-state index in [2.05, 4.69) is 4.98 Å². The highest BCUT2D eigenvalue weighted by atomic mass is 32.2. The third-order valence-electron chi connectivity index (χ3n) is 2.52. The molecule has 0 saturated heterocycles. The number of imidazole rings is 1. The molecule has 0 amide bonds. The number of carbonyl (C=O) groups is 1. The summed E-state index contributed by atoms with van der Waals surface area (Å²) in [5.41, 5.74) is 1.99. The molecule has 1 aromatic heterocycles. The summed E-state index contributed by atoms with van der Waals surface area (Å²) in [5.74, 6) is 0.0308. The summed E-state index contributed by atoms with van der Waals surface area (Å²) in [6.45, 7) is 0. The number of thioether (sulfide) groups is 1. The van der Waals surface area contributed by atoms with E-state index in [1.165, 1.54) is 0 Å². The van der Waals surface area contributed by atoms with E-state index in [1.807, 2.05) is 42.1 Å². The second-order valence-electron chi connectivity index (χ2n) is 4.00. The third kappa shape index (κ3) is 3.37. The fourth-order valence-corrected chi connectivity index (χ4v) is 2.45. The van der Waals surface area contributed by atoms with Crippen molar-refractivity contribution in [2.45, 2.75) is 17.3 Å². The third-order valence-corrected chi connectivity index (χ3v) is 3.65. The van der Waals surface area contributed by atoms with Crippen LogP contribution in [0, 0.1) is 0 Å². The van der Waals surface area contributed by atoms with Gasteiger partial charge in [-0.15, -0.1) is 0 Å². The zero-order valence-corrected chi connectivity index (χ0v) is 10.9. The van der Waals surface area contributed by atoms with E-state index in [1.54, 1.807) is 18.0 Å². The van der Waals surface area contributed by atoms with Gasteiger partial charge >= 0.3 is 5.97 Å². The predicted octanol–water partition coefficient (Wildman–Crippen LogP) is 2.34. The highest BCUT2D eigenvalue weighted by Crippen LogP contribution is 2.20. The van der Waals surface area contributed by atoms with Gasteiger partial charge < -0.3 is 9.67 Å². The molecule has 0 radical (unpaired) electrons. The maximum Gasteiger partial charge on any atom is 0.307 e. The maximum absolute atomic E-state index is 10.6. The molecule has 0 aliphatic rings. The lowest BCUT2D eigenvalue weighted by atomic mass is 10.1.